The van der Waals surface area contributed by atoms with E-state index in [1.54, 1.807) is 0 Å². The quantitative estimate of drug-likeness (QED) is 0.810. The molecule has 1 aliphatic heterocycles. The minimum atomic E-state index is -0.581. The Balaban J connectivity index is 1.96. The van der Waals surface area contributed by atoms with Gasteiger partial charge in [0.15, 0.2) is 0 Å². The van der Waals surface area contributed by atoms with Crippen LogP contribution in [0.15, 0.2) is 54.6 Å². The third-order valence-electron chi connectivity index (χ3n) is 3.78. The van der Waals surface area contributed by atoms with Gasteiger partial charge < -0.3 is 9.47 Å². The van der Waals surface area contributed by atoms with Gasteiger partial charge in [-0.25, -0.2) is 4.79 Å². The summed E-state index contributed by atoms with van der Waals surface area (Å²) >= 11 is 0. The molecule has 0 aromatic heterocycles. The van der Waals surface area contributed by atoms with E-state index in [4.69, 9.17) is 9.47 Å². The fraction of sp³-hybridized carbons (Fsp3) is 0.278. The summed E-state index contributed by atoms with van der Waals surface area (Å²) in [5.41, 5.74) is 2.23. The average Bonchev–Trinajstić information content (AvgIpc) is 2.54. The van der Waals surface area contributed by atoms with E-state index < -0.39 is 6.10 Å². The van der Waals surface area contributed by atoms with Crippen molar-refractivity contribution in [2.75, 3.05) is 6.61 Å². The lowest BCUT2D eigenvalue weighted by Gasteiger charge is -2.32. The molecule has 0 saturated heterocycles. The van der Waals surface area contributed by atoms with Gasteiger partial charge in [0.25, 0.3) is 0 Å². The van der Waals surface area contributed by atoms with E-state index in [0.717, 1.165) is 23.3 Å². The summed E-state index contributed by atoms with van der Waals surface area (Å²) in [6.07, 6.45) is 0.200. The van der Waals surface area contributed by atoms with Crippen molar-refractivity contribution in [2.45, 2.75) is 25.4 Å². The van der Waals surface area contributed by atoms with Crippen LogP contribution >= 0.6 is 0 Å². The zero-order chi connectivity index (χ0) is 14.7. The fourth-order valence-corrected chi connectivity index (χ4v) is 2.78. The Labute approximate surface area is 124 Å². The summed E-state index contributed by atoms with van der Waals surface area (Å²) in [4.78, 5) is 12.2. The number of hydrogen-bond acceptors (Lipinski definition) is 3. The molecule has 2 aromatic rings. The lowest BCUT2D eigenvalue weighted by molar-refractivity contribution is -0.153. The molecule has 0 unspecified atom stereocenters. The summed E-state index contributed by atoms with van der Waals surface area (Å²) in [5, 5.41) is 0. The molecule has 3 heteroatoms. The lowest BCUT2D eigenvalue weighted by Crippen LogP contribution is -2.39. The van der Waals surface area contributed by atoms with Crippen LogP contribution in [0.5, 0.6) is 5.75 Å². The summed E-state index contributed by atoms with van der Waals surface area (Å²) in [7, 11) is 0. The normalized spacial score (nSPS) is 20.2. The second-order valence-corrected chi connectivity index (χ2v) is 5.12. The average molecular weight is 282 g/mol. The molecule has 0 fully saturated rings. The molecular formula is C18H18O3. The Morgan fingerprint density at radius 2 is 1.86 bits per heavy atom. The number of para-hydroxylation sites is 1. The van der Waals surface area contributed by atoms with Crippen molar-refractivity contribution in [3.05, 3.63) is 65.7 Å². The number of ether oxygens (including phenoxy) is 2. The topological polar surface area (TPSA) is 35.5 Å². The Kier molecular flexibility index (Phi) is 3.91. The molecule has 0 radical (unpaired) electrons. The summed E-state index contributed by atoms with van der Waals surface area (Å²) in [5.74, 6) is 0.476. The Morgan fingerprint density at radius 1 is 1.14 bits per heavy atom. The first-order chi connectivity index (χ1) is 10.3. The highest BCUT2D eigenvalue weighted by Gasteiger charge is 2.37. The first-order valence-electron chi connectivity index (χ1n) is 7.25. The molecule has 0 saturated carbocycles. The molecule has 0 aliphatic carbocycles. The van der Waals surface area contributed by atoms with Crippen LogP contribution in [0.25, 0.3) is 0 Å². The standard InChI is InChI=1S/C18H18O3/c1-2-20-18(19)17-15(13-8-4-3-5-9-13)12-14-10-6-7-11-16(14)21-17/h3-11,15,17H,2,12H2,1H3/t15-,17-/m0/s1. The molecule has 0 N–H and O–H groups in total. The van der Waals surface area contributed by atoms with Gasteiger partial charge in [-0.15, -0.1) is 0 Å². The maximum atomic E-state index is 12.2. The van der Waals surface area contributed by atoms with Gasteiger partial charge in [0.05, 0.1) is 6.61 Å². The Morgan fingerprint density at radius 3 is 2.62 bits per heavy atom. The van der Waals surface area contributed by atoms with E-state index in [9.17, 15) is 4.79 Å². The van der Waals surface area contributed by atoms with Crippen molar-refractivity contribution in [2.24, 2.45) is 0 Å². The lowest BCUT2D eigenvalue weighted by atomic mass is 9.85. The third-order valence-corrected chi connectivity index (χ3v) is 3.78. The van der Waals surface area contributed by atoms with Crippen LogP contribution in [0.4, 0.5) is 0 Å². The van der Waals surface area contributed by atoms with E-state index in [0.29, 0.717) is 6.61 Å². The van der Waals surface area contributed by atoms with Crippen molar-refractivity contribution in [1.29, 1.82) is 0 Å². The van der Waals surface area contributed by atoms with Gasteiger partial charge in [0, 0.05) is 5.92 Å². The summed E-state index contributed by atoms with van der Waals surface area (Å²) in [6, 6.07) is 17.9. The minimum absolute atomic E-state index is 0.0138. The maximum absolute atomic E-state index is 12.2. The van der Waals surface area contributed by atoms with E-state index in [1.165, 1.54) is 0 Å². The molecule has 3 nitrogen and oxygen atoms in total. The molecule has 2 atom stereocenters. The molecule has 3 rings (SSSR count). The SMILES string of the molecule is CCOC(=O)[C@H]1Oc2ccccc2C[C@H]1c1ccccc1. The van der Waals surface area contributed by atoms with Crippen LogP contribution < -0.4 is 4.74 Å². The molecule has 21 heavy (non-hydrogen) atoms. The predicted molar refractivity (Wildman–Crippen MR) is 80.4 cm³/mol. The number of carbonyl (C=O) groups is 1. The Hall–Kier alpha value is -2.29. The number of fused-ring (bicyclic) bond motifs is 1. The van der Waals surface area contributed by atoms with Crippen molar-refractivity contribution in [3.8, 4) is 5.75 Å². The first-order valence-corrected chi connectivity index (χ1v) is 7.25. The van der Waals surface area contributed by atoms with E-state index >= 15 is 0 Å². The van der Waals surface area contributed by atoms with Gasteiger partial charge in [0.2, 0.25) is 6.10 Å². The van der Waals surface area contributed by atoms with E-state index in [1.807, 2.05) is 61.5 Å². The van der Waals surface area contributed by atoms with E-state index in [-0.39, 0.29) is 11.9 Å². The second kappa shape index (κ2) is 6.00. The molecule has 1 aliphatic rings. The summed E-state index contributed by atoms with van der Waals surface area (Å²) in [6.45, 7) is 2.17. The predicted octanol–water partition coefficient (Wildman–Crippen LogP) is 3.34. The zero-order valence-corrected chi connectivity index (χ0v) is 12.0. The van der Waals surface area contributed by atoms with Gasteiger partial charge >= 0.3 is 5.97 Å². The van der Waals surface area contributed by atoms with Crippen LogP contribution in [0.2, 0.25) is 0 Å². The molecule has 0 amide bonds. The molecule has 0 bridgehead atoms. The van der Waals surface area contributed by atoms with Gasteiger partial charge in [-0.05, 0) is 30.5 Å². The van der Waals surface area contributed by atoms with Crippen molar-refractivity contribution >= 4 is 5.97 Å². The maximum Gasteiger partial charge on any atom is 0.347 e. The molecule has 108 valence electrons. The van der Waals surface area contributed by atoms with Crippen molar-refractivity contribution < 1.29 is 14.3 Å². The zero-order valence-electron chi connectivity index (χ0n) is 12.0. The monoisotopic (exact) mass is 282 g/mol. The second-order valence-electron chi connectivity index (χ2n) is 5.12. The molecule has 1 heterocycles. The largest absolute Gasteiger partial charge is 0.478 e. The minimum Gasteiger partial charge on any atom is -0.478 e. The van der Waals surface area contributed by atoms with E-state index in [2.05, 4.69) is 0 Å². The highest BCUT2D eigenvalue weighted by molar-refractivity contribution is 5.77. The summed E-state index contributed by atoms with van der Waals surface area (Å²) < 4.78 is 11.1. The van der Waals surface area contributed by atoms with Crippen LogP contribution in [-0.4, -0.2) is 18.7 Å². The van der Waals surface area contributed by atoms with Gasteiger partial charge in [-0.2, -0.15) is 0 Å². The molecular weight excluding hydrogens is 264 g/mol. The number of benzene rings is 2. The number of rotatable bonds is 3. The number of esters is 1. The van der Waals surface area contributed by atoms with Crippen LogP contribution in [0, 0.1) is 0 Å². The Bertz CT molecular complexity index is 621. The smallest absolute Gasteiger partial charge is 0.347 e. The number of carbonyl (C=O) groups excluding carboxylic acids is 1. The van der Waals surface area contributed by atoms with Crippen LogP contribution in [0.1, 0.15) is 24.0 Å². The van der Waals surface area contributed by atoms with Gasteiger partial charge in [-0.3, -0.25) is 0 Å². The molecule has 0 spiro atoms. The van der Waals surface area contributed by atoms with Crippen LogP contribution in [0.3, 0.4) is 0 Å². The first kappa shape index (κ1) is 13.7. The highest BCUT2D eigenvalue weighted by atomic mass is 16.6. The highest BCUT2D eigenvalue weighted by Crippen LogP contribution is 2.36. The van der Waals surface area contributed by atoms with Gasteiger partial charge in [0.1, 0.15) is 5.75 Å². The van der Waals surface area contributed by atoms with Crippen molar-refractivity contribution in [1.82, 2.24) is 0 Å². The van der Waals surface area contributed by atoms with Crippen molar-refractivity contribution in [3.63, 3.8) is 0 Å². The molecule has 2 aromatic carbocycles. The third kappa shape index (κ3) is 2.77. The number of hydrogen-bond donors (Lipinski definition) is 0. The van der Waals surface area contributed by atoms with Crippen LogP contribution in [-0.2, 0) is 16.0 Å². The van der Waals surface area contributed by atoms with Gasteiger partial charge in [-0.1, -0.05) is 48.5 Å². The fourth-order valence-electron chi connectivity index (χ4n) is 2.78.